The van der Waals surface area contributed by atoms with Gasteiger partial charge in [0.15, 0.2) is 29.0 Å². The zero-order chi connectivity index (χ0) is 14.2. The lowest BCUT2D eigenvalue weighted by Gasteiger charge is -2.05. The van der Waals surface area contributed by atoms with E-state index in [1.807, 2.05) is 0 Å². The van der Waals surface area contributed by atoms with E-state index in [1.165, 1.54) is 0 Å². The SMILES string of the molecule is CNCc1ncc(-c2c(F)c(F)c(F)c(F)c2F)o1. The highest BCUT2D eigenvalue weighted by Crippen LogP contribution is 2.31. The second-order valence-corrected chi connectivity index (χ2v) is 3.59. The molecule has 1 aromatic heterocycles. The van der Waals surface area contributed by atoms with Crippen LogP contribution in [0.1, 0.15) is 5.89 Å². The third-order valence-electron chi connectivity index (χ3n) is 2.34. The highest BCUT2D eigenvalue weighted by atomic mass is 19.2. The summed E-state index contributed by atoms with van der Waals surface area (Å²) >= 11 is 0. The van der Waals surface area contributed by atoms with Gasteiger partial charge in [0.05, 0.1) is 18.3 Å². The lowest BCUT2D eigenvalue weighted by molar-refractivity contribution is 0.378. The monoisotopic (exact) mass is 278 g/mol. The molecule has 0 fully saturated rings. The van der Waals surface area contributed by atoms with Crippen LogP contribution in [0.2, 0.25) is 0 Å². The Morgan fingerprint density at radius 3 is 2.05 bits per heavy atom. The Labute approximate surface area is 104 Å². The number of nitrogens with zero attached hydrogens (tertiary/aromatic N) is 1. The first-order valence-electron chi connectivity index (χ1n) is 5.08. The van der Waals surface area contributed by atoms with Crippen molar-refractivity contribution >= 4 is 0 Å². The van der Waals surface area contributed by atoms with Crippen LogP contribution in [0.4, 0.5) is 22.0 Å². The molecule has 3 nitrogen and oxygen atoms in total. The van der Waals surface area contributed by atoms with Crippen molar-refractivity contribution in [1.29, 1.82) is 0 Å². The Morgan fingerprint density at radius 2 is 1.53 bits per heavy atom. The van der Waals surface area contributed by atoms with Crippen molar-refractivity contribution in [3.05, 3.63) is 41.2 Å². The second-order valence-electron chi connectivity index (χ2n) is 3.59. The zero-order valence-electron chi connectivity index (χ0n) is 9.53. The molecule has 0 aliphatic heterocycles. The van der Waals surface area contributed by atoms with Crippen molar-refractivity contribution in [2.45, 2.75) is 6.54 Å². The van der Waals surface area contributed by atoms with Crippen LogP contribution in [0.25, 0.3) is 11.3 Å². The molecule has 19 heavy (non-hydrogen) atoms. The highest BCUT2D eigenvalue weighted by Gasteiger charge is 2.28. The molecule has 1 N–H and O–H groups in total. The van der Waals surface area contributed by atoms with Gasteiger partial charge in [-0.05, 0) is 7.05 Å². The summed E-state index contributed by atoms with van der Waals surface area (Å²) in [6.07, 6.45) is 0.894. The Morgan fingerprint density at radius 1 is 1.00 bits per heavy atom. The summed E-state index contributed by atoms with van der Waals surface area (Å²) in [5, 5.41) is 2.66. The van der Waals surface area contributed by atoms with Crippen molar-refractivity contribution in [1.82, 2.24) is 10.3 Å². The lowest BCUT2D eigenvalue weighted by Crippen LogP contribution is -2.05. The number of hydrogen-bond acceptors (Lipinski definition) is 3. The molecule has 1 heterocycles. The van der Waals surface area contributed by atoms with Gasteiger partial charge in [-0.15, -0.1) is 0 Å². The number of nitrogens with one attached hydrogen (secondary N) is 1. The van der Waals surface area contributed by atoms with Gasteiger partial charge in [-0.1, -0.05) is 0 Å². The molecular formula is C11H7F5N2O. The number of oxazole rings is 1. The van der Waals surface area contributed by atoms with Crippen molar-refractivity contribution in [3.63, 3.8) is 0 Å². The molecular weight excluding hydrogens is 271 g/mol. The van der Waals surface area contributed by atoms with Gasteiger partial charge in [0, 0.05) is 0 Å². The van der Waals surface area contributed by atoms with Gasteiger partial charge in [-0.25, -0.2) is 26.9 Å². The number of benzene rings is 1. The molecule has 2 rings (SSSR count). The predicted octanol–water partition coefficient (Wildman–Crippen LogP) is 2.76. The fourth-order valence-electron chi connectivity index (χ4n) is 1.48. The summed E-state index contributed by atoms with van der Waals surface area (Å²) in [7, 11) is 1.57. The van der Waals surface area contributed by atoms with Crippen LogP contribution < -0.4 is 5.32 Å². The molecule has 0 bridgehead atoms. The Balaban J connectivity index is 2.61. The summed E-state index contributed by atoms with van der Waals surface area (Å²) < 4.78 is 70.7. The van der Waals surface area contributed by atoms with Crippen LogP contribution >= 0.6 is 0 Å². The number of rotatable bonds is 3. The van der Waals surface area contributed by atoms with Gasteiger partial charge in [0.25, 0.3) is 0 Å². The normalized spacial score (nSPS) is 11.1. The van der Waals surface area contributed by atoms with Gasteiger partial charge in [-0.2, -0.15) is 0 Å². The van der Waals surface area contributed by atoms with Crippen molar-refractivity contribution in [3.8, 4) is 11.3 Å². The van der Waals surface area contributed by atoms with Crippen LogP contribution in [0.5, 0.6) is 0 Å². The molecule has 0 unspecified atom stereocenters. The summed E-state index contributed by atoms with van der Waals surface area (Å²) in [5.41, 5.74) is -1.13. The molecule has 102 valence electrons. The molecule has 0 radical (unpaired) electrons. The van der Waals surface area contributed by atoms with E-state index in [1.54, 1.807) is 7.05 Å². The number of aromatic nitrogens is 1. The van der Waals surface area contributed by atoms with Crippen LogP contribution in [0.3, 0.4) is 0 Å². The van der Waals surface area contributed by atoms with Crippen LogP contribution in [-0.2, 0) is 6.54 Å². The maximum atomic E-state index is 13.5. The zero-order valence-corrected chi connectivity index (χ0v) is 9.53. The molecule has 0 aliphatic rings. The third kappa shape index (κ3) is 2.19. The van der Waals surface area contributed by atoms with Crippen molar-refractivity contribution in [2.24, 2.45) is 0 Å². The molecule has 8 heteroatoms. The van der Waals surface area contributed by atoms with E-state index < -0.39 is 40.4 Å². The van der Waals surface area contributed by atoms with E-state index in [0.717, 1.165) is 6.20 Å². The smallest absolute Gasteiger partial charge is 0.208 e. The second kappa shape index (κ2) is 4.96. The van der Waals surface area contributed by atoms with Gasteiger partial charge in [-0.3, -0.25) is 0 Å². The molecule has 0 saturated heterocycles. The molecule has 2 aromatic rings. The number of halogens is 5. The molecule has 1 aromatic carbocycles. The van der Waals surface area contributed by atoms with Crippen LogP contribution in [-0.4, -0.2) is 12.0 Å². The minimum atomic E-state index is -2.21. The molecule has 0 atom stereocenters. The fraction of sp³-hybridized carbons (Fsp3) is 0.182. The maximum absolute atomic E-state index is 13.5. The first-order valence-corrected chi connectivity index (χ1v) is 5.08. The maximum Gasteiger partial charge on any atom is 0.208 e. The molecule has 0 amide bonds. The van der Waals surface area contributed by atoms with Crippen LogP contribution in [0.15, 0.2) is 10.6 Å². The quantitative estimate of drug-likeness (QED) is 0.533. The average Bonchev–Trinajstić information content (AvgIpc) is 2.83. The average molecular weight is 278 g/mol. The third-order valence-corrected chi connectivity index (χ3v) is 2.34. The Kier molecular flexibility index (Phi) is 3.52. The summed E-state index contributed by atoms with van der Waals surface area (Å²) in [6, 6.07) is 0. The van der Waals surface area contributed by atoms with Crippen molar-refractivity contribution < 1.29 is 26.4 Å². The molecule has 0 saturated carbocycles. The van der Waals surface area contributed by atoms with E-state index in [0.29, 0.717) is 0 Å². The first kappa shape index (κ1) is 13.5. The molecule has 0 spiro atoms. The van der Waals surface area contributed by atoms with Gasteiger partial charge in [0.2, 0.25) is 11.7 Å². The molecule has 0 aliphatic carbocycles. The summed E-state index contributed by atoms with van der Waals surface area (Å²) in [5.74, 6) is -10.7. The van der Waals surface area contributed by atoms with Gasteiger partial charge in [0.1, 0.15) is 0 Å². The Bertz CT molecular complexity index is 597. The van der Waals surface area contributed by atoms with E-state index in [4.69, 9.17) is 4.42 Å². The van der Waals surface area contributed by atoms with E-state index >= 15 is 0 Å². The van der Waals surface area contributed by atoms with E-state index in [9.17, 15) is 22.0 Å². The largest absolute Gasteiger partial charge is 0.439 e. The minimum absolute atomic E-state index is 0.0569. The van der Waals surface area contributed by atoms with E-state index in [-0.39, 0.29) is 12.4 Å². The number of hydrogen-bond donors (Lipinski definition) is 1. The standard InChI is InChI=1S/C11H7F5N2O/c1-17-3-5-18-2-4(19-5)6-7(12)9(14)11(16)10(15)8(6)13/h2,17H,3H2,1H3. The summed E-state index contributed by atoms with van der Waals surface area (Å²) in [4.78, 5) is 3.65. The van der Waals surface area contributed by atoms with E-state index in [2.05, 4.69) is 10.3 Å². The predicted molar refractivity (Wildman–Crippen MR) is 54.5 cm³/mol. The van der Waals surface area contributed by atoms with Gasteiger partial charge < -0.3 is 9.73 Å². The fourth-order valence-corrected chi connectivity index (χ4v) is 1.48. The van der Waals surface area contributed by atoms with Crippen LogP contribution in [0, 0.1) is 29.1 Å². The topological polar surface area (TPSA) is 38.1 Å². The van der Waals surface area contributed by atoms with Gasteiger partial charge >= 0.3 is 0 Å². The lowest BCUT2D eigenvalue weighted by atomic mass is 10.1. The first-order chi connectivity index (χ1) is 8.97. The van der Waals surface area contributed by atoms with Crippen molar-refractivity contribution in [2.75, 3.05) is 7.05 Å². The Hall–Kier alpha value is -1.96. The highest BCUT2D eigenvalue weighted by molar-refractivity contribution is 5.58. The summed E-state index contributed by atoms with van der Waals surface area (Å²) in [6.45, 7) is 0.148. The minimum Gasteiger partial charge on any atom is -0.439 e.